The fourth-order valence-electron chi connectivity index (χ4n) is 2.20. The molecule has 1 atom stereocenters. The van der Waals surface area contributed by atoms with Crippen LogP contribution >= 0.6 is 24.0 Å². The van der Waals surface area contributed by atoms with E-state index in [9.17, 15) is 9.18 Å². The number of nitrogens with two attached hydrogens (primary N) is 1. The number of hydrogen-bond acceptors (Lipinski definition) is 2. The molecule has 0 bridgehead atoms. The number of carbonyl (C=O) groups is 1. The Balaban J connectivity index is 0.00000180. The molecule has 1 aromatic carbocycles. The van der Waals surface area contributed by atoms with E-state index in [0.29, 0.717) is 19.6 Å². The van der Waals surface area contributed by atoms with Gasteiger partial charge in [-0.25, -0.2) is 4.39 Å². The molecule has 2 rings (SSSR count). The number of benzene rings is 1. The number of halogens is 3. The second-order valence-electron chi connectivity index (χ2n) is 5.09. The molecule has 0 saturated carbocycles. The number of amides is 1. The van der Waals surface area contributed by atoms with Crippen molar-refractivity contribution in [2.75, 3.05) is 19.6 Å². The molecule has 0 aliphatic carbocycles. The van der Waals surface area contributed by atoms with Gasteiger partial charge in [0, 0.05) is 13.1 Å². The molecule has 1 unspecified atom stereocenters. The van der Waals surface area contributed by atoms with Crippen LogP contribution in [0.3, 0.4) is 0 Å². The van der Waals surface area contributed by atoms with E-state index in [1.165, 1.54) is 12.1 Å². The zero-order valence-corrected chi connectivity index (χ0v) is 12.2. The molecule has 19 heavy (non-hydrogen) atoms. The lowest BCUT2D eigenvalue weighted by molar-refractivity contribution is 0.0772. The van der Waals surface area contributed by atoms with Crippen LogP contribution in [0.25, 0.3) is 0 Å². The van der Waals surface area contributed by atoms with Gasteiger partial charge < -0.3 is 10.6 Å². The Morgan fingerprint density at radius 3 is 2.84 bits per heavy atom. The van der Waals surface area contributed by atoms with Gasteiger partial charge in [0.05, 0.1) is 10.6 Å². The molecule has 1 aliphatic rings. The third-order valence-corrected chi connectivity index (χ3v) is 3.81. The van der Waals surface area contributed by atoms with Crippen LogP contribution in [0.5, 0.6) is 0 Å². The predicted octanol–water partition coefficient (Wildman–Crippen LogP) is 2.71. The standard InChI is InChI=1S/C13H16ClFN2O.ClH/c1-13(7-16)5-6-17(8-13)12(18)9-3-2-4-10(14)11(9)15;/h2-4H,5-8,16H2,1H3;1H. The molecule has 1 heterocycles. The molecule has 6 heteroatoms. The second-order valence-corrected chi connectivity index (χ2v) is 5.50. The summed E-state index contributed by atoms with van der Waals surface area (Å²) >= 11 is 5.68. The van der Waals surface area contributed by atoms with Crippen LogP contribution in [0.1, 0.15) is 23.7 Å². The summed E-state index contributed by atoms with van der Waals surface area (Å²) in [5, 5.41) is -0.0263. The SMILES string of the molecule is CC1(CN)CCN(C(=O)c2cccc(Cl)c2F)C1.Cl. The van der Waals surface area contributed by atoms with Gasteiger partial charge in [-0.1, -0.05) is 24.6 Å². The van der Waals surface area contributed by atoms with Gasteiger partial charge in [-0.2, -0.15) is 0 Å². The highest BCUT2D eigenvalue weighted by atomic mass is 35.5. The summed E-state index contributed by atoms with van der Waals surface area (Å²) in [7, 11) is 0. The highest BCUT2D eigenvalue weighted by molar-refractivity contribution is 6.31. The highest BCUT2D eigenvalue weighted by Crippen LogP contribution is 2.30. The summed E-state index contributed by atoms with van der Waals surface area (Å²) < 4.78 is 13.8. The maximum atomic E-state index is 13.8. The zero-order valence-electron chi connectivity index (χ0n) is 10.7. The molecule has 1 aromatic rings. The Hall–Kier alpha value is -0.840. The first-order valence-electron chi connectivity index (χ1n) is 5.90. The van der Waals surface area contributed by atoms with E-state index >= 15 is 0 Å². The van der Waals surface area contributed by atoms with Crippen LogP contribution in [0, 0.1) is 11.2 Å². The van der Waals surface area contributed by atoms with E-state index in [4.69, 9.17) is 17.3 Å². The number of hydrogen-bond donors (Lipinski definition) is 1. The first kappa shape index (κ1) is 16.2. The first-order valence-corrected chi connectivity index (χ1v) is 6.28. The normalized spacial score (nSPS) is 22.2. The summed E-state index contributed by atoms with van der Waals surface area (Å²) in [4.78, 5) is 13.9. The second kappa shape index (κ2) is 6.07. The minimum Gasteiger partial charge on any atom is -0.338 e. The van der Waals surface area contributed by atoms with Crippen LogP contribution in [-0.2, 0) is 0 Å². The third-order valence-electron chi connectivity index (χ3n) is 3.52. The Morgan fingerprint density at radius 1 is 1.58 bits per heavy atom. The molecule has 2 N–H and O–H groups in total. The molecular formula is C13H17Cl2FN2O. The summed E-state index contributed by atoms with van der Waals surface area (Å²) in [6.45, 7) is 3.73. The molecule has 0 aromatic heterocycles. The molecular weight excluding hydrogens is 290 g/mol. The van der Waals surface area contributed by atoms with Crippen molar-refractivity contribution < 1.29 is 9.18 Å². The minimum atomic E-state index is -0.648. The summed E-state index contributed by atoms with van der Waals surface area (Å²) in [5.74, 6) is -0.960. The van der Waals surface area contributed by atoms with Crippen molar-refractivity contribution in [1.29, 1.82) is 0 Å². The van der Waals surface area contributed by atoms with E-state index in [2.05, 4.69) is 0 Å². The monoisotopic (exact) mass is 306 g/mol. The highest BCUT2D eigenvalue weighted by Gasteiger charge is 2.35. The molecule has 1 saturated heterocycles. The van der Waals surface area contributed by atoms with Crippen LogP contribution in [0.4, 0.5) is 4.39 Å². The summed E-state index contributed by atoms with van der Waals surface area (Å²) in [6, 6.07) is 4.47. The van der Waals surface area contributed by atoms with E-state index in [0.717, 1.165) is 6.42 Å². The Kier molecular flexibility index (Phi) is 5.18. The van der Waals surface area contributed by atoms with Crippen LogP contribution in [0.15, 0.2) is 18.2 Å². The maximum absolute atomic E-state index is 13.8. The van der Waals surface area contributed by atoms with E-state index in [1.807, 2.05) is 6.92 Å². The van der Waals surface area contributed by atoms with Gasteiger partial charge in [0.15, 0.2) is 5.82 Å². The average Bonchev–Trinajstić information content (AvgIpc) is 2.75. The smallest absolute Gasteiger partial charge is 0.256 e. The van der Waals surface area contributed by atoms with Gasteiger partial charge in [0.1, 0.15) is 0 Å². The summed E-state index contributed by atoms with van der Waals surface area (Å²) in [6.07, 6.45) is 0.845. The Labute approximate surface area is 123 Å². The van der Waals surface area contributed by atoms with Crippen molar-refractivity contribution in [2.24, 2.45) is 11.1 Å². The lowest BCUT2D eigenvalue weighted by Gasteiger charge is -2.22. The van der Waals surface area contributed by atoms with E-state index in [-0.39, 0.29) is 34.3 Å². The molecule has 1 aliphatic heterocycles. The lowest BCUT2D eigenvalue weighted by Crippen LogP contribution is -2.34. The molecule has 1 amide bonds. The average molecular weight is 307 g/mol. The van der Waals surface area contributed by atoms with Crippen LogP contribution in [0.2, 0.25) is 5.02 Å². The third kappa shape index (κ3) is 3.19. The van der Waals surface area contributed by atoms with Gasteiger partial charge in [-0.3, -0.25) is 4.79 Å². The number of likely N-dealkylation sites (tertiary alicyclic amines) is 1. The number of nitrogens with zero attached hydrogens (tertiary/aromatic N) is 1. The largest absolute Gasteiger partial charge is 0.338 e. The van der Waals surface area contributed by atoms with Gasteiger partial charge in [-0.15, -0.1) is 12.4 Å². The molecule has 0 radical (unpaired) electrons. The van der Waals surface area contributed by atoms with Crippen molar-refractivity contribution in [3.63, 3.8) is 0 Å². The zero-order chi connectivity index (χ0) is 13.3. The first-order chi connectivity index (χ1) is 8.47. The van der Waals surface area contributed by atoms with Crippen molar-refractivity contribution >= 4 is 29.9 Å². The quantitative estimate of drug-likeness (QED) is 0.913. The van der Waals surface area contributed by atoms with Gasteiger partial charge >= 0.3 is 0 Å². The van der Waals surface area contributed by atoms with Crippen LogP contribution in [-0.4, -0.2) is 30.4 Å². The van der Waals surface area contributed by atoms with Gasteiger partial charge in [0.25, 0.3) is 5.91 Å². The van der Waals surface area contributed by atoms with E-state index < -0.39 is 5.82 Å². The minimum absolute atomic E-state index is 0. The van der Waals surface area contributed by atoms with Crippen molar-refractivity contribution in [3.05, 3.63) is 34.6 Å². The lowest BCUT2D eigenvalue weighted by atomic mass is 9.90. The molecule has 3 nitrogen and oxygen atoms in total. The van der Waals surface area contributed by atoms with Crippen molar-refractivity contribution in [3.8, 4) is 0 Å². The Morgan fingerprint density at radius 2 is 2.26 bits per heavy atom. The predicted molar refractivity (Wildman–Crippen MR) is 76.3 cm³/mol. The van der Waals surface area contributed by atoms with Crippen molar-refractivity contribution in [2.45, 2.75) is 13.3 Å². The van der Waals surface area contributed by atoms with Gasteiger partial charge in [0.2, 0.25) is 0 Å². The van der Waals surface area contributed by atoms with Crippen molar-refractivity contribution in [1.82, 2.24) is 4.90 Å². The number of rotatable bonds is 2. The van der Waals surface area contributed by atoms with Crippen LogP contribution < -0.4 is 5.73 Å². The fourth-order valence-corrected chi connectivity index (χ4v) is 2.38. The summed E-state index contributed by atoms with van der Waals surface area (Å²) in [5.41, 5.74) is 5.66. The molecule has 106 valence electrons. The Bertz CT molecular complexity index is 484. The van der Waals surface area contributed by atoms with E-state index in [1.54, 1.807) is 11.0 Å². The number of carbonyl (C=O) groups excluding carboxylic acids is 1. The molecule has 0 spiro atoms. The molecule has 1 fully saturated rings. The maximum Gasteiger partial charge on any atom is 0.256 e. The fraction of sp³-hybridized carbons (Fsp3) is 0.462. The van der Waals surface area contributed by atoms with Gasteiger partial charge in [-0.05, 0) is 30.5 Å². The topological polar surface area (TPSA) is 46.3 Å².